The van der Waals surface area contributed by atoms with Gasteiger partial charge in [0.25, 0.3) is 5.91 Å². The summed E-state index contributed by atoms with van der Waals surface area (Å²) in [5.74, 6) is -0.0724. The van der Waals surface area contributed by atoms with Gasteiger partial charge in [0, 0.05) is 12.6 Å². The number of fused-ring (bicyclic) bond motifs is 1. The maximum absolute atomic E-state index is 12.6. The number of aromatic hydroxyl groups is 1. The first-order valence-corrected chi connectivity index (χ1v) is 10.4. The predicted octanol–water partition coefficient (Wildman–Crippen LogP) is 2.32. The molecule has 0 saturated heterocycles. The zero-order chi connectivity index (χ0) is 21.7. The van der Waals surface area contributed by atoms with Crippen LogP contribution in [-0.4, -0.2) is 50.7 Å². The Balaban J connectivity index is 1.67. The largest absolute Gasteiger partial charge is 0.507 e. The molecule has 0 atom stereocenters. The van der Waals surface area contributed by atoms with Gasteiger partial charge in [0.05, 0.1) is 24.8 Å². The number of phenols is 1. The van der Waals surface area contributed by atoms with Gasteiger partial charge in [-0.3, -0.25) is 4.79 Å². The summed E-state index contributed by atoms with van der Waals surface area (Å²) in [5, 5.41) is 15.6. The molecule has 0 unspecified atom stereocenters. The molecule has 0 aliphatic heterocycles. The highest BCUT2D eigenvalue weighted by molar-refractivity contribution is 7.89. The Labute approximate surface area is 174 Å². The molecule has 1 amide bonds. The van der Waals surface area contributed by atoms with Gasteiger partial charge in [-0.2, -0.15) is 9.41 Å². The normalized spacial score (nSPS) is 11.8. The fraction of sp³-hybridized carbons (Fsp3) is 0.143. The Morgan fingerprint density at radius 3 is 2.53 bits per heavy atom. The van der Waals surface area contributed by atoms with Gasteiger partial charge in [-0.15, -0.1) is 0 Å². The van der Waals surface area contributed by atoms with Crippen LogP contribution in [0.25, 0.3) is 10.8 Å². The van der Waals surface area contributed by atoms with Gasteiger partial charge >= 0.3 is 0 Å². The molecule has 0 fully saturated rings. The molecule has 8 nitrogen and oxygen atoms in total. The number of nitrogens with zero attached hydrogens (tertiary/aromatic N) is 2. The summed E-state index contributed by atoms with van der Waals surface area (Å²) >= 11 is 0. The smallest absolute Gasteiger partial charge is 0.255 e. The molecule has 9 heteroatoms. The molecule has 0 spiro atoms. The SMILES string of the molecule is COc1ccc(S(=O)(=O)N(C)CC(=O)N/N=C\c2c(O)ccc3ccccc23)cc1. The first-order chi connectivity index (χ1) is 14.3. The van der Waals surface area contributed by atoms with E-state index < -0.39 is 22.5 Å². The number of likely N-dealkylation sites (N-methyl/N-ethyl adjacent to an activating group) is 1. The van der Waals surface area contributed by atoms with Crippen molar-refractivity contribution in [1.29, 1.82) is 0 Å². The van der Waals surface area contributed by atoms with Crippen molar-refractivity contribution in [2.24, 2.45) is 5.10 Å². The highest BCUT2D eigenvalue weighted by Gasteiger charge is 2.22. The minimum Gasteiger partial charge on any atom is -0.507 e. The van der Waals surface area contributed by atoms with E-state index >= 15 is 0 Å². The number of carbonyl (C=O) groups excluding carboxylic acids is 1. The third kappa shape index (κ3) is 4.58. The van der Waals surface area contributed by atoms with Crippen molar-refractivity contribution in [3.8, 4) is 11.5 Å². The zero-order valence-corrected chi connectivity index (χ0v) is 17.3. The number of ether oxygens (including phenoxy) is 1. The van der Waals surface area contributed by atoms with Crippen LogP contribution < -0.4 is 10.2 Å². The van der Waals surface area contributed by atoms with E-state index in [0.29, 0.717) is 11.3 Å². The minimum atomic E-state index is -3.85. The lowest BCUT2D eigenvalue weighted by atomic mass is 10.0. The average molecular weight is 427 g/mol. The van der Waals surface area contributed by atoms with E-state index in [0.717, 1.165) is 15.1 Å². The molecule has 0 aliphatic rings. The number of hydrogen-bond donors (Lipinski definition) is 2. The molecule has 3 aromatic rings. The Bertz CT molecular complexity index is 1190. The van der Waals surface area contributed by atoms with Crippen molar-refractivity contribution >= 4 is 32.9 Å². The Hall–Kier alpha value is -3.43. The quantitative estimate of drug-likeness (QED) is 0.444. The van der Waals surface area contributed by atoms with Crippen molar-refractivity contribution in [1.82, 2.24) is 9.73 Å². The molecular formula is C21H21N3O5S. The minimum absolute atomic E-state index is 0.0194. The number of amides is 1. The van der Waals surface area contributed by atoms with Crippen LogP contribution >= 0.6 is 0 Å². The van der Waals surface area contributed by atoms with Gasteiger partial charge in [-0.05, 0) is 41.1 Å². The van der Waals surface area contributed by atoms with Gasteiger partial charge in [0.15, 0.2) is 0 Å². The summed E-state index contributed by atoms with van der Waals surface area (Å²) in [6.45, 7) is -0.423. The molecule has 0 heterocycles. The van der Waals surface area contributed by atoms with Gasteiger partial charge in [-0.1, -0.05) is 30.3 Å². The molecule has 0 radical (unpaired) electrons. The van der Waals surface area contributed by atoms with Crippen LogP contribution in [0.15, 0.2) is 70.7 Å². The van der Waals surface area contributed by atoms with Crippen LogP contribution in [0.1, 0.15) is 5.56 Å². The number of benzene rings is 3. The number of hydrazone groups is 1. The van der Waals surface area contributed by atoms with E-state index in [1.807, 2.05) is 24.3 Å². The summed E-state index contributed by atoms with van der Waals surface area (Å²) in [5.41, 5.74) is 2.74. The standard InChI is InChI=1S/C21H21N3O5S/c1-24(30(27,28)17-10-8-16(29-2)9-11-17)14-21(26)23-22-13-19-18-6-4-3-5-15(18)7-12-20(19)25/h3-13,25H,14H2,1-2H3,(H,23,26)/b22-13-. The summed E-state index contributed by atoms with van der Waals surface area (Å²) in [4.78, 5) is 12.2. The molecule has 3 rings (SSSR count). The van der Waals surface area contributed by atoms with Crippen LogP contribution in [-0.2, 0) is 14.8 Å². The van der Waals surface area contributed by atoms with Crippen LogP contribution in [0, 0.1) is 0 Å². The number of rotatable bonds is 7. The molecule has 0 saturated carbocycles. The van der Waals surface area contributed by atoms with E-state index in [1.54, 1.807) is 12.1 Å². The Morgan fingerprint density at radius 2 is 1.83 bits per heavy atom. The second-order valence-electron chi connectivity index (χ2n) is 6.45. The van der Waals surface area contributed by atoms with Crippen molar-refractivity contribution < 1.29 is 23.1 Å². The molecule has 30 heavy (non-hydrogen) atoms. The fourth-order valence-corrected chi connectivity index (χ4v) is 3.97. The molecule has 2 N–H and O–H groups in total. The van der Waals surface area contributed by atoms with Gasteiger partial charge in [0.2, 0.25) is 10.0 Å². The van der Waals surface area contributed by atoms with Crippen LogP contribution in [0.3, 0.4) is 0 Å². The third-order valence-corrected chi connectivity index (χ3v) is 6.28. The lowest BCUT2D eigenvalue weighted by molar-refractivity contribution is -0.121. The highest BCUT2D eigenvalue weighted by Crippen LogP contribution is 2.25. The van der Waals surface area contributed by atoms with E-state index in [-0.39, 0.29) is 10.6 Å². The summed E-state index contributed by atoms with van der Waals surface area (Å²) in [7, 11) is -1.06. The number of sulfonamides is 1. The van der Waals surface area contributed by atoms with Crippen LogP contribution in [0.5, 0.6) is 11.5 Å². The van der Waals surface area contributed by atoms with Gasteiger partial charge in [0.1, 0.15) is 11.5 Å². The number of carbonyl (C=O) groups is 1. The zero-order valence-electron chi connectivity index (χ0n) is 16.4. The number of methoxy groups -OCH3 is 1. The predicted molar refractivity (Wildman–Crippen MR) is 114 cm³/mol. The second kappa shape index (κ2) is 8.93. The number of phenolic OH excluding ortho intramolecular Hbond substituents is 1. The van der Waals surface area contributed by atoms with Crippen molar-refractivity contribution in [2.75, 3.05) is 20.7 Å². The molecule has 0 aliphatic carbocycles. The monoisotopic (exact) mass is 427 g/mol. The number of hydrogen-bond acceptors (Lipinski definition) is 6. The topological polar surface area (TPSA) is 108 Å². The fourth-order valence-electron chi connectivity index (χ4n) is 2.84. The molecule has 0 aromatic heterocycles. The van der Waals surface area contributed by atoms with Crippen molar-refractivity contribution in [3.05, 3.63) is 66.2 Å². The summed E-state index contributed by atoms with van der Waals surface area (Å²) in [6.07, 6.45) is 1.33. The van der Waals surface area contributed by atoms with E-state index in [4.69, 9.17) is 4.74 Å². The van der Waals surface area contributed by atoms with Crippen LogP contribution in [0.4, 0.5) is 0 Å². The Kier molecular flexibility index (Phi) is 6.34. The highest BCUT2D eigenvalue weighted by atomic mass is 32.2. The maximum atomic E-state index is 12.6. The lowest BCUT2D eigenvalue weighted by Gasteiger charge is -2.16. The van der Waals surface area contributed by atoms with E-state index in [2.05, 4.69) is 10.5 Å². The molecule has 156 valence electrons. The Morgan fingerprint density at radius 1 is 1.13 bits per heavy atom. The maximum Gasteiger partial charge on any atom is 0.255 e. The average Bonchev–Trinajstić information content (AvgIpc) is 2.75. The lowest BCUT2D eigenvalue weighted by Crippen LogP contribution is -2.36. The van der Waals surface area contributed by atoms with E-state index in [1.165, 1.54) is 44.6 Å². The molecular weight excluding hydrogens is 406 g/mol. The second-order valence-corrected chi connectivity index (χ2v) is 8.49. The van der Waals surface area contributed by atoms with Crippen LogP contribution in [0.2, 0.25) is 0 Å². The summed E-state index contributed by atoms with van der Waals surface area (Å²) in [6, 6.07) is 16.6. The first kappa shape index (κ1) is 21.3. The molecule has 0 bridgehead atoms. The summed E-state index contributed by atoms with van der Waals surface area (Å²) < 4.78 is 31.1. The number of nitrogens with one attached hydrogen (secondary N) is 1. The molecule has 3 aromatic carbocycles. The first-order valence-electron chi connectivity index (χ1n) is 8.96. The van der Waals surface area contributed by atoms with Gasteiger partial charge < -0.3 is 9.84 Å². The van der Waals surface area contributed by atoms with E-state index in [9.17, 15) is 18.3 Å². The van der Waals surface area contributed by atoms with Gasteiger partial charge in [-0.25, -0.2) is 13.8 Å². The van der Waals surface area contributed by atoms with Crippen molar-refractivity contribution in [2.45, 2.75) is 4.90 Å². The third-order valence-electron chi connectivity index (χ3n) is 4.46. The van der Waals surface area contributed by atoms with Crippen molar-refractivity contribution in [3.63, 3.8) is 0 Å².